The summed E-state index contributed by atoms with van der Waals surface area (Å²) in [5, 5.41) is 3.51. The minimum Gasteiger partial charge on any atom is -0.371 e. The molecule has 6 heteroatoms. The molecule has 0 spiro atoms. The van der Waals surface area contributed by atoms with Gasteiger partial charge in [0.05, 0.1) is 10.6 Å². The van der Waals surface area contributed by atoms with Crippen molar-refractivity contribution in [3.05, 3.63) is 28.8 Å². The van der Waals surface area contributed by atoms with E-state index in [0.29, 0.717) is 42.9 Å². The summed E-state index contributed by atoms with van der Waals surface area (Å²) in [5.41, 5.74) is 0.389. The van der Waals surface area contributed by atoms with Crippen molar-refractivity contribution in [1.29, 1.82) is 0 Å². The fourth-order valence-electron chi connectivity index (χ4n) is 3.11. The lowest BCUT2D eigenvalue weighted by molar-refractivity contribution is 0.0828. The van der Waals surface area contributed by atoms with E-state index in [9.17, 15) is 9.18 Å². The Morgan fingerprint density at radius 2 is 2.04 bits per heavy atom. The molecule has 0 radical (unpaired) electrons. The zero-order valence-electron chi connectivity index (χ0n) is 14.7. The lowest BCUT2D eigenvalue weighted by Gasteiger charge is -2.38. The molecule has 0 unspecified atom stereocenters. The maximum atomic E-state index is 14.8. The third-order valence-electron chi connectivity index (χ3n) is 4.67. The van der Waals surface area contributed by atoms with Crippen LogP contribution in [0.4, 0.5) is 10.1 Å². The van der Waals surface area contributed by atoms with Gasteiger partial charge in [-0.05, 0) is 57.5 Å². The highest BCUT2D eigenvalue weighted by molar-refractivity contribution is 6.34. The maximum Gasteiger partial charge on any atom is 0.254 e. The summed E-state index contributed by atoms with van der Waals surface area (Å²) in [6, 6.07) is 5.46. The number of anilines is 1. The van der Waals surface area contributed by atoms with Crippen LogP contribution in [-0.4, -0.2) is 57.3 Å². The minimum atomic E-state index is -1.06. The highest BCUT2D eigenvalue weighted by Crippen LogP contribution is 2.34. The molecule has 24 heavy (non-hydrogen) atoms. The first-order valence-electron chi connectivity index (χ1n) is 8.46. The quantitative estimate of drug-likeness (QED) is 0.795. The van der Waals surface area contributed by atoms with Crippen LogP contribution in [-0.2, 0) is 0 Å². The van der Waals surface area contributed by atoms with Crippen molar-refractivity contribution < 1.29 is 9.18 Å². The zero-order chi connectivity index (χ0) is 17.7. The minimum absolute atomic E-state index is 0.113. The number of halogens is 2. The Morgan fingerprint density at radius 3 is 2.58 bits per heavy atom. The fourth-order valence-corrected chi connectivity index (χ4v) is 3.37. The van der Waals surface area contributed by atoms with Gasteiger partial charge in [0.15, 0.2) is 0 Å². The molecule has 4 nitrogen and oxygen atoms in total. The van der Waals surface area contributed by atoms with Gasteiger partial charge in [-0.3, -0.25) is 4.79 Å². The van der Waals surface area contributed by atoms with Gasteiger partial charge in [0.25, 0.3) is 5.91 Å². The monoisotopic (exact) mass is 355 g/mol. The Hall–Kier alpha value is -1.33. The van der Waals surface area contributed by atoms with Crippen molar-refractivity contribution in [3.8, 4) is 0 Å². The molecular weight excluding hydrogens is 329 g/mol. The Balaban J connectivity index is 1.99. The maximum absolute atomic E-state index is 14.8. The van der Waals surface area contributed by atoms with E-state index in [1.165, 1.54) is 4.90 Å². The first kappa shape index (κ1) is 19.0. The van der Waals surface area contributed by atoms with Crippen LogP contribution in [0, 0.1) is 0 Å². The highest BCUT2D eigenvalue weighted by atomic mass is 35.5. The van der Waals surface area contributed by atoms with Crippen LogP contribution in [0.15, 0.2) is 18.2 Å². The Labute approximate surface area is 149 Å². The Morgan fingerprint density at radius 1 is 1.38 bits per heavy atom. The molecule has 1 aliphatic heterocycles. The van der Waals surface area contributed by atoms with Crippen LogP contribution < -0.4 is 10.2 Å². The van der Waals surface area contributed by atoms with E-state index in [0.717, 1.165) is 18.7 Å². The molecule has 1 N–H and O–H groups in total. The molecule has 1 aliphatic rings. The fraction of sp³-hybridized carbons (Fsp3) is 0.611. The van der Waals surface area contributed by atoms with Crippen LogP contribution in [0.5, 0.6) is 0 Å². The number of carbonyl (C=O) groups is 1. The van der Waals surface area contributed by atoms with Crippen molar-refractivity contribution in [2.75, 3.05) is 45.7 Å². The standard InChI is InChI=1S/C18H27ClFN3O/c1-21-10-4-7-18(20)8-11-23(12-9-18)14-5-6-15(16(19)13-14)17(24)22(2)3/h5-6,13,21H,4,7-12H2,1-3H3. The zero-order valence-corrected chi connectivity index (χ0v) is 15.5. The van der Waals surface area contributed by atoms with E-state index < -0.39 is 5.67 Å². The number of nitrogens with one attached hydrogen (secondary N) is 1. The summed E-state index contributed by atoms with van der Waals surface area (Å²) in [6.45, 7) is 2.20. The molecule has 0 atom stereocenters. The van der Waals surface area contributed by atoms with Gasteiger partial charge >= 0.3 is 0 Å². The number of rotatable bonds is 6. The van der Waals surface area contributed by atoms with E-state index in [1.807, 2.05) is 19.2 Å². The van der Waals surface area contributed by atoms with Crippen LogP contribution in [0.1, 0.15) is 36.0 Å². The number of nitrogens with zero attached hydrogens (tertiary/aromatic N) is 2. The molecule has 1 aromatic carbocycles. The molecule has 0 aliphatic carbocycles. The summed E-state index contributed by atoms with van der Waals surface area (Å²) in [6.07, 6.45) is 2.54. The van der Waals surface area contributed by atoms with Gasteiger partial charge in [-0.2, -0.15) is 0 Å². The largest absolute Gasteiger partial charge is 0.371 e. The average molecular weight is 356 g/mol. The average Bonchev–Trinajstić information content (AvgIpc) is 2.55. The SMILES string of the molecule is CNCCCC1(F)CCN(c2ccc(C(=O)N(C)C)c(Cl)c2)CC1. The summed E-state index contributed by atoms with van der Waals surface area (Å²) < 4.78 is 14.8. The molecule has 0 aromatic heterocycles. The second-order valence-corrected chi connectivity index (χ2v) is 7.12. The van der Waals surface area contributed by atoms with Crippen molar-refractivity contribution in [3.63, 3.8) is 0 Å². The second kappa shape index (κ2) is 8.17. The van der Waals surface area contributed by atoms with Gasteiger partial charge < -0.3 is 15.1 Å². The molecule has 1 fully saturated rings. The van der Waals surface area contributed by atoms with Gasteiger partial charge in [0, 0.05) is 32.9 Å². The Bertz CT molecular complexity index is 571. The summed E-state index contributed by atoms with van der Waals surface area (Å²) in [5.74, 6) is -0.113. The summed E-state index contributed by atoms with van der Waals surface area (Å²) in [4.78, 5) is 15.7. The number of hydrogen-bond donors (Lipinski definition) is 1. The smallest absolute Gasteiger partial charge is 0.254 e. The molecule has 1 saturated heterocycles. The molecule has 134 valence electrons. The highest BCUT2D eigenvalue weighted by Gasteiger charge is 2.34. The number of piperidine rings is 1. The lowest BCUT2D eigenvalue weighted by Crippen LogP contribution is -2.42. The van der Waals surface area contributed by atoms with Crippen LogP contribution in [0.2, 0.25) is 5.02 Å². The van der Waals surface area contributed by atoms with Gasteiger partial charge in [-0.1, -0.05) is 11.6 Å². The summed E-state index contributed by atoms with van der Waals surface area (Å²) in [7, 11) is 5.29. The number of alkyl halides is 1. The normalized spacial score (nSPS) is 17.0. The molecule has 0 saturated carbocycles. The van der Waals surface area contributed by atoms with E-state index in [1.54, 1.807) is 20.2 Å². The van der Waals surface area contributed by atoms with Crippen molar-refractivity contribution in [1.82, 2.24) is 10.2 Å². The van der Waals surface area contributed by atoms with Crippen molar-refractivity contribution in [2.24, 2.45) is 0 Å². The topological polar surface area (TPSA) is 35.6 Å². The van der Waals surface area contributed by atoms with Crippen molar-refractivity contribution >= 4 is 23.2 Å². The predicted octanol–water partition coefficient (Wildman–Crippen LogP) is 3.35. The van der Waals surface area contributed by atoms with Gasteiger partial charge in [0.2, 0.25) is 0 Å². The lowest BCUT2D eigenvalue weighted by atomic mass is 9.88. The van der Waals surface area contributed by atoms with E-state index in [4.69, 9.17) is 11.6 Å². The first-order valence-corrected chi connectivity index (χ1v) is 8.84. The molecule has 1 amide bonds. The van der Waals surface area contributed by atoms with E-state index in [2.05, 4.69) is 10.2 Å². The predicted molar refractivity (Wildman–Crippen MR) is 97.9 cm³/mol. The van der Waals surface area contributed by atoms with E-state index >= 15 is 0 Å². The number of amides is 1. The van der Waals surface area contributed by atoms with Gasteiger partial charge in [0.1, 0.15) is 5.67 Å². The molecule has 0 bridgehead atoms. The molecule has 1 aromatic rings. The second-order valence-electron chi connectivity index (χ2n) is 6.71. The number of hydrogen-bond acceptors (Lipinski definition) is 3. The molecule has 1 heterocycles. The van der Waals surface area contributed by atoms with Gasteiger partial charge in [-0.15, -0.1) is 0 Å². The van der Waals surface area contributed by atoms with Crippen LogP contribution >= 0.6 is 11.6 Å². The first-order chi connectivity index (χ1) is 11.4. The number of benzene rings is 1. The number of carbonyl (C=O) groups excluding carboxylic acids is 1. The van der Waals surface area contributed by atoms with E-state index in [-0.39, 0.29) is 5.91 Å². The third-order valence-corrected chi connectivity index (χ3v) is 4.98. The Kier molecular flexibility index (Phi) is 6.47. The third kappa shape index (κ3) is 4.61. The van der Waals surface area contributed by atoms with Crippen LogP contribution in [0.3, 0.4) is 0 Å². The summed E-state index contributed by atoms with van der Waals surface area (Å²) >= 11 is 6.27. The van der Waals surface area contributed by atoms with Crippen LogP contribution in [0.25, 0.3) is 0 Å². The molecule has 2 rings (SSSR count). The van der Waals surface area contributed by atoms with Gasteiger partial charge in [-0.25, -0.2) is 4.39 Å². The molecular formula is C18H27ClFN3O. The van der Waals surface area contributed by atoms with Crippen molar-refractivity contribution in [2.45, 2.75) is 31.4 Å².